The standard InChI is InChI=1S/C16H15NO3S/c18-10-12-1-3-14(4-2-12)20-11-16(19)17-7-5-15-13(9-17)6-8-21-15/h1-4,6,8,10H,5,7,9,11H2. The maximum Gasteiger partial charge on any atom is 0.260 e. The van der Waals surface area contributed by atoms with Gasteiger partial charge in [-0.25, -0.2) is 0 Å². The lowest BCUT2D eigenvalue weighted by Crippen LogP contribution is -2.38. The van der Waals surface area contributed by atoms with Gasteiger partial charge in [0.2, 0.25) is 0 Å². The number of rotatable bonds is 4. The van der Waals surface area contributed by atoms with Gasteiger partial charge in [0, 0.05) is 23.5 Å². The predicted molar refractivity (Wildman–Crippen MR) is 80.8 cm³/mol. The lowest BCUT2D eigenvalue weighted by molar-refractivity contribution is -0.134. The Morgan fingerprint density at radius 1 is 1.29 bits per heavy atom. The number of benzene rings is 1. The zero-order valence-electron chi connectivity index (χ0n) is 11.5. The van der Waals surface area contributed by atoms with Crippen molar-refractivity contribution in [2.24, 2.45) is 0 Å². The number of nitrogens with zero attached hydrogens (tertiary/aromatic N) is 1. The molecule has 0 spiro atoms. The molecule has 0 radical (unpaired) electrons. The van der Waals surface area contributed by atoms with E-state index in [0.29, 0.717) is 17.9 Å². The fourth-order valence-electron chi connectivity index (χ4n) is 2.34. The topological polar surface area (TPSA) is 46.6 Å². The van der Waals surface area contributed by atoms with Crippen LogP contribution in [0.4, 0.5) is 0 Å². The molecule has 3 rings (SSSR count). The summed E-state index contributed by atoms with van der Waals surface area (Å²) in [4.78, 5) is 25.9. The van der Waals surface area contributed by atoms with Gasteiger partial charge >= 0.3 is 0 Å². The minimum Gasteiger partial charge on any atom is -0.484 e. The van der Waals surface area contributed by atoms with E-state index in [2.05, 4.69) is 11.4 Å². The van der Waals surface area contributed by atoms with Crippen LogP contribution in [0.2, 0.25) is 0 Å². The summed E-state index contributed by atoms with van der Waals surface area (Å²) in [7, 11) is 0. The number of carbonyl (C=O) groups is 2. The summed E-state index contributed by atoms with van der Waals surface area (Å²) in [5, 5.41) is 2.07. The fourth-order valence-corrected chi connectivity index (χ4v) is 3.23. The molecule has 5 heteroatoms. The van der Waals surface area contributed by atoms with Gasteiger partial charge in [-0.05, 0) is 47.7 Å². The molecule has 0 aliphatic carbocycles. The van der Waals surface area contributed by atoms with E-state index in [-0.39, 0.29) is 12.5 Å². The molecule has 0 saturated carbocycles. The smallest absolute Gasteiger partial charge is 0.260 e. The zero-order chi connectivity index (χ0) is 14.7. The van der Waals surface area contributed by atoms with Crippen molar-refractivity contribution in [3.05, 3.63) is 51.7 Å². The van der Waals surface area contributed by atoms with Crippen LogP contribution in [0.3, 0.4) is 0 Å². The highest BCUT2D eigenvalue weighted by molar-refractivity contribution is 7.10. The van der Waals surface area contributed by atoms with Crippen LogP contribution in [0.15, 0.2) is 35.7 Å². The summed E-state index contributed by atoms with van der Waals surface area (Å²) in [6, 6.07) is 8.82. The van der Waals surface area contributed by atoms with E-state index >= 15 is 0 Å². The maximum absolute atomic E-state index is 12.2. The zero-order valence-corrected chi connectivity index (χ0v) is 12.3. The third-order valence-electron chi connectivity index (χ3n) is 3.54. The molecule has 0 atom stereocenters. The molecule has 108 valence electrons. The van der Waals surface area contributed by atoms with Crippen LogP contribution in [0.25, 0.3) is 0 Å². The third-order valence-corrected chi connectivity index (χ3v) is 4.56. The molecule has 1 aliphatic rings. The van der Waals surface area contributed by atoms with E-state index in [4.69, 9.17) is 4.74 Å². The SMILES string of the molecule is O=Cc1ccc(OCC(=O)N2CCc3sccc3C2)cc1. The average Bonchev–Trinajstić information content (AvgIpc) is 3.00. The molecule has 0 N–H and O–H groups in total. The second kappa shape index (κ2) is 6.10. The Labute approximate surface area is 127 Å². The van der Waals surface area contributed by atoms with Gasteiger partial charge in [-0.3, -0.25) is 9.59 Å². The quantitative estimate of drug-likeness (QED) is 0.815. The summed E-state index contributed by atoms with van der Waals surface area (Å²) in [5.74, 6) is 0.591. The molecule has 1 aliphatic heterocycles. The Morgan fingerprint density at radius 2 is 2.10 bits per heavy atom. The van der Waals surface area contributed by atoms with E-state index in [1.807, 2.05) is 4.90 Å². The summed E-state index contributed by atoms with van der Waals surface area (Å²) in [6.07, 6.45) is 1.70. The van der Waals surface area contributed by atoms with Crippen LogP contribution in [0.5, 0.6) is 5.75 Å². The van der Waals surface area contributed by atoms with E-state index in [0.717, 1.165) is 19.3 Å². The number of fused-ring (bicyclic) bond motifs is 1. The highest BCUT2D eigenvalue weighted by atomic mass is 32.1. The molecule has 0 bridgehead atoms. The Morgan fingerprint density at radius 3 is 2.86 bits per heavy atom. The van der Waals surface area contributed by atoms with Crippen LogP contribution in [-0.4, -0.2) is 30.2 Å². The highest BCUT2D eigenvalue weighted by Crippen LogP contribution is 2.24. The summed E-state index contributed by atoms with van der Waals surface area (Å²) in [5.41, 5.74) is 1.84. The fraction of sp³-hybridized carbons (Fsp3) is 0.250. The molecule has 21 heavy (non-hydrogen) atoms. The minimum atomic E-state index is -0.00804. The van der Waals surface area contributed by atoms with Gasteiger partial charge in [0.1, 0.15) is 12.0 Å². The molecule has 0 saturated heterocycles. The molecule has 2 heterocycles. The molecule has 1 aromatic heterocycles. The van der Waals surface area contributed by atoms with E-state index in [1.54, 1.807) is 35.6 Å². The summed E-state index contributed by atoms with van der Waals surface area (Å²) in [6.45, 7) is 1.45. The van der Waals surface area contributed by atoms with Crippen molar-refractivity contribution < 1.29 is 14.3 Å². The second-order valence-electron chi connectivity index (χ2n) is 4.91. The van der Waals surface area contributed by atoms with Crippen LogP contribution < -0.4 is 4.74 Å². The third kappa shape index (κ3) is 3.13. The monoisotopic (exact) mass is 301 g/mol. The minimum absolute atomic E-state index is 0.00804. The second-order valence-corrected chi connectivity index (χ2v) is 5.91. The Bertz CT molecular complexity index is 648. The summed E-state index contributed by atoms with van der Waals surface area (Å²) < 4.78 is 5.49. The van der Waals surface area contributed by atoms with E-state index < -0.39 is 0 Å². The molecule has 0 unspecified atom stereocenters. The van der Waals surface area contributed by atoms with Gasteiger partial charge in [0.25, 0.3) is 5.91 Å². The number of ether oxygens (including phenoxy) is 1. The van der Waals surface area contributed by atoms with Crippen LogP contribution in [0.1, 0.15) is 20.8 Å². The lowest BCUT2D eigenvalue weighted by Gasteiger charge is -2.26. The number of hydrogen-bond acceptors (Lipinski definition) is 4. The normalized spacial score (nSPS) is 13.6. The number of aldehydes is 1. The first-order valence-electron chi connectivity index (χ1n) is 6.77. The molecular weight excluding hydrogens is 286 g/mol. The van der Waals surface area contributed by atoms with Crippen molar-refractivity contribution in [2.75, 3.05) is 13.2 Å². The van der Waals surface area contributed by atoms with Gasteiger partial charge in [0.05, 0.1) is 0 Å². The van der Waals surface area contributed by atoms with Crippen molar-refractivity contribution in [1.82, 2.24) is 4.90 Å². The van der Waals surface area contributed by atoms with Crippen molar-refractivity contribution in [2.45, 2.75) is 13.0 Å². The van der Waals surface area contributed by atoms with Crippen molar-refractivity contribution >= 4 is 23.5 Å². The largest absolute Gasteiger partial charge is 0.484 e. The highest BCUT2D eigenvalue weighted by Gasteiger charge is 2.21. The summed E-state index contributed by atoms with van der Waals surface area (Å²) >= 11 is 1.76. The maximum atomic E-state index is 12.2. The van der Waals surface area contributed by atoms with Crippen molar-refractivity contribution in [1.29, 1.82) is 0 Å². The lowest BCUT2D eigenvalue weighted by atomic mass is 10.1. The molecule has 1 amide bonds. The van der Waals surface area contributed by atoms with Crippen LogP contribution >= 0.6 is 11.3 Å². The Balaban J connectivity index is 1.56. The Hall–Kier alpha value is -2.14. The van der Waals surface area contributed by atoms with Gasteiger partial charge in [-0.15, -0.1) is 11.3 Å². The van der Waals surface area contributed by atoms with E-state index in [1.165, 1.54) is 10.4 Å². The molecular formula is C16H15NO3S. The van der Waals surface area contributed by atoms with Gasteiger partial charge in [-0.1, -0.05) is 0 Å². The first-order valence-corrected chi connectivity index (χ1v) is 7.65. The average molecular weight is 301 g/mol. The molecule has 0 fully saturated rings. The number of amides is 1. The van der Waals surface area contributed by atoms with E-state index in [9.17, 15) is 9.59 Å². The van der Waals surface area contributed by atoms with Crippen molar-refractivity contribution in [3.63, 3.8) is 0 Å². The van der Waals surface area contributed by atoms with Gasteiger partial charge in [0.15, 0.2) is 6.61 Å². The first-order chi connectivity index (χ1) is 10.3. The number of thiophene rings is 1. The van der Waals surface area contributed by atoms with Crippen LogP contribution in [0, 0.1) is 0 Å². The Kier molecular flexibility index (Phi) is 4.01. The number of carbonyl (C=O) groups excluding carboxylic acids is 2. The van der Waals surface area contributed by atoms with Gasteiger partial charge < -0.3 is 9.64 Å². The molecule has 4 nitrogen and oxygen atoms in total. The molecule has 2 aromatic rings. The first kappa shape index (κ1) is 13.8. The van der Waals surface area contributed by atoms with Crippen molar-refractivity contribution in [3.8, 4) is 5.75 Å². The number of hydrogen-bond donors (Lipinski definition) is 0. The predicted octanol–water partition coefficient (Wildman–Crippen LogP) is 2.52. The molecule has 1 aromatic carbocycles. The van der Waals surface area contributed by atoms with Gasteiger partial charge in [-0.2, -0.15) is 0 Å². The van der Waals surface area contributed by atoms with Crippen LogP contribution in [-0.2, 0) is 17.8 Å².